The van der Waals surface area contributed by atoms with Crippen LogP contribution >= 0.6 is 12.4 Å². The molecule has 4 heteroatoms. The van der Waals surface area contributed by atoms with E-state index in [1.54, 1.807) is 7.11 Å². The monoisotopic (exact) mass is 257 g/mol. The zero-order valence-electron chi connectivity index (χ0n) is 10.1. The van der Waals surface area contributed by atoms with Crippen molar-refractivity contribution in [3.63, 3.8) is 0 Å². The molecule has 0 unspecified atom stereocenters. The van der Waals surface area contributed by atoms with Crippen molar-refractivity contribution in [1.82, 2.24) is 5.32 Å². The number of nitrogens with one attached hydrogen (secondary N) is 1. The SMILES string of the molecule is COc1cccc(OCC2CCNCC2)c1.Cl. The Bertz CT molecular complexity index is 327. The van der Waals surface area contributed by atoms with Gasteiger partial charge in [-0.1, -0.05) is 6.07 Å². The molecule has 1 saturated heterocycles. The number of benzene rings is 1. The first-order valence-corrected chi connectivity index (χ1v) is 5.86. The first-order valence-electron chi connectivity index (χ1n) is 5.86. The highest BCUT2D eigenvalue weighted by Gasteiger charge is 2.13. The Balaban J connectivity index is 0.00000144. The van der Waals surface area contributed by atoms with E-state index in [-0.39, 0.29) is 12.4 Å². The van der Waals surface area contributed by atoms with Crippen molar-refractivity contribution < 1.29 is 9.47 Å². The first-order chi connectivity index (χ1) is 7.88. The number of halogens is 1. The van der Waals surface area contributed by atoms with Gasteiger partial charge in [0.25, 0.3) is 0 Å². The Hall–Kier alpha value is -0.930. The van der Waals surface area contributed by atoms with E-state index in [0.717, 1.165) is 31.2 Å². The highest BCUT2D eigenvalue weighted by molar-refractivity contribution is 5.85. The molecule has 0 radical (unpaired) electrons. The van der Waals surface area contributed by atoms with Crippen molar-refractivity contribution in [2.45, 2.75) is 12.8 Å². The summed E-state index contributed by atoms with van der Waals surface area (Å²) in [5, 5.41) is 3.36. The van der Waals surface area contributed by atoms with Crippen molar-refractivity contribution in [2.24, 2.45) is 5.92 Å². The first kappa shape index (κ1) is 14.1. The van der Waals surface area contributed by atoms with Crippen LogP contribution in [0.1, 0.15) is 12.8 Å². The largest absolute Gasteiger partial charge is 0.497 e. The van der Waals surface area contributed by atoms with Crippen molar-refractivity contribution in [2.75, 3.05) is 26.8 Å². The smallest absolute Gasteiger partial charge is 0.122 e. The van der Waals surface area contributed by atoms with Crippen LogP contribution in [0.4, 0.5) is 0 Å². The van der Waals surface area contributed by atoms with Gasteiger partial charge in [0.05, 0.1) is 13.7 Å². The van der Waals surface area contributed by atoms with Crippen molar-refractivity contribution in [3.05, 3.63) is 24.3 Å². The lowest BCUT2D eigenvalue weighted by molar-refractivity contribution is 0.214. The summed E-state index contributed by atoms with van der Waals surface area (Å²) < 4.78 is 10.9. The fourth-order valence-corrected chi connectivity index (χ4v) is 1.95. The highest BCUT2D eigenvalue weighted by atomic mass is 35.5. The zero-order chi connectivity index (χ0) is 11.2. The van der Waals surface area contributed by atoms with E-state index in [0.29, 0.717) is 5.92 Å². The summed E-state index contributed by atoms with van der Waals surface area (Å²) in [6.45, 7) is 3.05. The summed E-state index contributed by atoms with van der Waals surface area (Å²) in [7, 11) is 1.67. The van der Waals surface area contributed by atoms with Crippen molar-refractivity contribution in [3.8, 4) is 11.5 Å². The zero-order valence-corrected chi connectivity index (χ0v) is 11.0. The molecule has 0 spiro atoms. The fourth-order valence-electron chi connectivity index (χ4n) is 1.95. The summed E-state index contributed by atoms with van der Waals surface area (Å²) in [5.41, 5.74) is 0. The molecule has 1 aliphatic rings. The molecule has 1 heterocycles. The highest BCUT2D eigenvalue weighted by Crippen LogP contribution is 2.20. The molecule has 0 saturated carbocycles. The molecule has 1 aromatic carbocycles. The third-order valence-electron chi connectivity index (χ3n) is 2.99. The van der Waals surface area contributed by atoms with Crippen LogP contribution < -0.4 is 14.8 Å². The van der Waals surface area contributed by atoms with Gasteiger partial charge in [-0.2, -0.15) is 0 Å². The van der Waals surface area contributed by atoms with Gasteiger partial charge in [0.15, 0.2) is 0 Å². The van der Waals surface area contributed by atoms with E-state index in [2.05, 4.69) is 5.32 Å². The van der Waals surface area contributed by atoms with Crippen molar-refractivity contribution >= 4 is 12.4 Å². The minimum Gasteiger partial charge on any atom is -0.497 e. The van der Waals surface area contributed by atoms with E-state index in [1.165, 1.54) is 12.8 Å². The Morgan fingerprint density at radius 1 is 1.24 bits per heavy atom. The molecule has 1 fully saturated rings. The van der Waals surface area contributed by atoms with Crippen LogP contribution in [-0.4, -0.2) is 26.8 Å². The van der Waals surface area contributed by atoms with Crippen LogP contribution in [0, 0.1) is 5.92 Å². The average molecular weight is 258 g/mol. The second-order valence-corrected chi connectivity index (χ2v) is 4.18. The minimum absolute atomic E-state index is 0. The third kappa shape index (κ3) is 4.44. The van der Waals surface area contributed by atoms with Gasteiger partial charge in [0.1, 0.15) is 11.5 Å². The molecule has 2 rings (SSSR count). The topological polar surface area (TPSA) is 30.5 Å². The number of hydrogen-bond acceptors (Lipinski definition) is 3. The molecule has 96 valence electrons. The van der Waals surface area contributed by atoms with Crippen LogP contribution in [0.2, 0.25) is 0 Å². The van der Waals surface area contributed by atoms with E-state index in [9.17, 15) is 0 Å². The normalized spacial score (nSPS) is 16.1. The molecule has 0 aromatic heterocycles. The van der Waals surface area contributed by atoms with Crippen LogP contribution in [0.5, 0.6) is 11.5 Å². The molecular weight excluding hydrogens is 238 g/mol. The van der Waals surface area contributed by atoms with Gasteiger partial charge in [-0.05, 0) is 44.0 Å². The Labute approximate surface area is 109 Å². The number of methoxy groups -OCH3 is 1. The Morgan fingerprint density at radius 2 is 1.94 bits per heavy atom. The summed E-state index contributed by atoms with van der Waals surface area (Å²) in [5.74, 6) is 2.44. The standard InChI is InChI=1S/C13H19NO2.ClH/c1-15-12-3-2-4-13(9-12)16-10-11-5-7-14-8-6-11;/h2-4,9,11,14H,5-8,10H2,1H3;1H. The maximum absolute atomic E-state index is 5.78. The summed E-state index contributed by atoms with van der Waals surface area (Å²) in [6, 6.07) is 7.79. The van der Waals surface area contributed by atoms with Gasteiger partial charge in [0.2, 0.25) is 0 Å². The van der Waals surface area contributed by atoms with Crippen LogP contribution in [0.3, 0.4) is 0 Å². The lowest BCUT2D eigenvalue weighted by atomic mass is 9.99. The quantitative estimate of drug-likeness (QED) is 0.899. The molecular formula is C13H20ClNO2. The molecule has 0 bridgehead atoms. The van der Waals surface area contributed by atoms with Gasteiger partial charge in [-0.3, -0.25) is 0 Å². The molecule has 3 nitrogen and oxygen atoms in total. The van der Waals surface area contributed by atoms with Crippen LogP contribution in [0.25, 0.3) is 0 Å². The van der Waals surface area contributed by atoms with E-state index in [4.69, 9.17) is 9.47 Å². The maximum atomic E-state index is 5.78. The van der Waals surface area contributed by atoms with E-state index in [1.807, 2.05) is 24.3 Å². The minimum atomic E-state index is 0. The molecule has 1 N–H and O–H groups in total. The summed E-state index contributed by atoms with van der Waals surface area (Å²) >= 11 is 0. The van der Waals surface area contributed by atoms with Gasteiger partial charge in [-0.25, -0.2) is 0 Å². The molecule has 0 aliphatic carbocycles. The predicted octanol–water partition coefficient (Wildman–Crippen LogP) is 2.50. The number of ether oxygens (including phenoxy) is 2. The lowest BCUT2D eigenvalue weighted by Crippen LogP contribution is -2.30. The number of rotatable bonds is 4. The average Bonchev–Trinajstić information content (AvgIpc) is 2.38. The summed E-state index contributed by atoms with van der Waals surface area (Å²) in [4.78, 5) is 0. The molecule has 1 aromatic rings. The number of hydrogen-bond donors (Lipinski definition) is 1. The van der Waals surface area contributed by atoms with Crippen LogP contribution in [-0.2, 0) is 0 Å². The molecule has 1 aliphatic heterocycles. The maximum Gasteiger partial charge on any atom is 0.122 e. The second kappa shape index (κ2) is 7.41. The molecule has 0 atom stereocenters. The second-order valence-electron chi connectivity index (χ2n) is 4.18. The Morgan fingerprint density at radius 3 is 2.65 bits per heavy atom. The van der Waals surface area contributed by atoms with Gasteiger partial charge in [-0.15, -0.1) is 12.4 Å². The Kier molecular flexibility index (Phi) is 6.16. The fraction of sp³-hybridized carbons (Fsp3) is 0.538. The lowest BCUT2D eigenvalue weighted by Gasteiger charge is -2.22. The van der Waals surface area contributed by atoms with Gasteiger partial charge < -0.3 is 14.8 Å². The molecule has 17 heavy (non-hydrogen) atoms. The van der Waals surface area contributed by atoms with Gasteiger partial charge in [0, 0.05) is 6.07 Å². The van der Waals surface area contributed by atoms with Crippen molar-refractivity contribution in [1.29, 1.82) is 0 Å². The number of piperidine rings is 1. The van der Waals surface area contributed by atoms with Gasteiger partial charge >= 0.3 is 0 Å². The van der Waals surface area contributed by atoms with E-state index >= 15 is 0 Å². The summed E-state index contributed by atoms with van der Waals surface area (Å²) in [6.07, 6.45) is 2.42. The predicted molar refractivity (Wildman–Crippen MR) is 71.3 cm³/mol. The van der Waals surface area contributed by atoms with Crippen LogP contribution in [0.15, 0.2) is 24.3 Å². The molecule has 0 amide bonds. The third-order valence-corrected chi connectivity index (χ3v) is 2.99. The van der Waals surface area contributed by atoms with E-state index < -0.39 is 0 Å².